The summed E-state index contributed by atoms with van der Waals surface area (Å²) in [5, 5.41) is 0. The molecule has 1 saturated heterocycles. The predicted molar refractivity (Wildman–Crippen MR) is 62.8 cm³/mol. The first-order chi connectivity index (χ1) is 7.32. The topological polar surface area (TPSA) is 51.3 Å². The second kappa shape index (κ2) is 3.47. The summed E-state index contributed by atoms with van der Waals surface area (Å²) in [6.45, 7) is 7.92. The molecule has 2 heterocycles. The van der Waals surface area contributed by atoms with Crippen molar-refractivity contribution in [1.82, 2.24) is 4.98 Å². The smallest absolute Gasteiger partial charge is 0.398 e. The van der Waals surface area contributed by atoms with Crippen LogP contribution in [0, 0.1) is 0 Å². The summed E-state index contributed by atoms with van der Waals surface area (Å²) in [6, 6.07) is 4.96. The fraction of sp³-hybridized carbons (Fsp3) is 0.545. The second-order valence-electron chi connectivity index (χ2n) is 5.06. The Morgan fingerprint density at radius 2 is 1.69 bits per heavy atom. The lowest BCUT2D eigenvalue weighted by atomic mass is 9.84. The number of aromatic amines is 1. The molecule has 0 atom stereocenters. The molecule has 1 aliphatic heterocycles. The maximum Gasteiger partial charge on any atom is 0.512 e. The van der Waals surface area contributed by atoms with Crippen LogP contribution in [0.2, 0.25) is 0 Å². The van der Waals surface area contributed by atoms with Gasteiger partial charge in [-0.25, -0.2) is 0 Å². The van der Waals surface area contributed by atoms with Crippen LogP contribution in [0.15, 0.2) is 23.0 Å². The van der Waals surface area contributed by atoms with Crippen molar-refractivity contribution in [3.8, 4) is 0 Å². The molecule has 1 aliphatic rings. The highest BCUT2D eigenvalue weighted by Gasteiger charge is 2.52. The van der Waals surface area contributed by atoms with Gasteiger partial charge < -0.3 is 14.3 Å². The third kappa shape index (κ3) is 1.81. The molecule has 0 unspecified atom stereocenters. The summed E-state index contributed by atoms with van der Waals surface area (Å²) in [7, 11) is -0.501. The number of pyridine rings is 1. The molecule has 1 aromatic heterocycles. The Balaban J connectivity index is 2.30. The fourth-order valence-corrected chi connectivity index (χ4v) is 1.57. The molecule has 1 fully saturated rings. The predicted octanol–water partition coefficient (Wildman–Crippen LogP) is 0.674. The molecule has 0 saturated carbocycles. The van der Waals surface area contributed by atoms with Gasteiger partial charge >= 0.3 is 7.12 Å². The number of hydrogen-bond donors (Lipinski definition) is 1. The van der Waals surface area contributed by atoms with Crippen LogP contribution >= 0.6 is 0 Å². The van der Waals surface area contributed by atoms with Crippen LogP contribution in [0.3, 0.4) is 0 Å². The normalized spacial score (nSPS) is 22.4. The van der Waals surface area contributed by atoms with Crippen molar-refractivity contribution < 1.29 is 9.31 Å². The molecule has 0 radical (unpaired) electrons. The molecular formula is C11H16BNO3. The zero-order valence-electron chi connectivity index (χ0n) is 10.0. The van der Waals surface area contributed by atoms with Crippen LogP contribution in [0.1, 0.15) is 27.7 Å². The summed E-state index contributed by atoms with van der Waals surface area (Å²) in [5.41, 5.74) is -0.257. The Kier molecular flexibility index (Phi) is 2.47. The number of aromatic nitrogens is 1. The molecule has 2 rings (SSSR count). The average Bonchev–Trinajstić information content (AvgIpc) is 2.36. The van der Waals surface area contributed by atoms with E-state index in [1.54, 1.807) is 12.1 Å². The van der Waals surface area contributed by atoms with Crippen LogP contribution in [0.5, 0.6) is 0 Å². The van der Waals surface area contributed by atoms with E-state index in [0.29, 0.717) is 5.59 Å². The van der Waals surface area contributed by atoms with E-state index in [1.807, 2.05) is 27.7 Å². The van der Waals surface area contributed by atoms with Crippen LogP contribution in [-0.4, -0.2) is 23.3 Å². The first-order valence-corrected chi connectivity index (χ1v) is 5.37. The summed E-state index contributed by atoms with van der Waals surface area (Å²) >= 11 is 0. The number of hydrogen-bond acceptors (Lipinski definition) is 3. The van der Waals surface area contributed by atoms with E-state index in [4.69, 9.17) is 9.31 Å². The van der Waals surface area contributed by atoms with E-state index in [0.717, 1.165) is 0 Å². The minimum Gasteiger partial charge on any atom is -0.398 e. The van der Waals surface area contributed by atoms with E-state index in [1.165, 1.54) is 6.07 Å². The van der Waals surface area contributed by atoms with E-state index in [9.17, 15) is 4.79 Å². The van der Waals surface area contributed by atoms with Gasteiger partial charge in [-0.3, -0.25) is 4.79 Å². The molecule has 0 amide bonds. The Morgan fingerprint density at radius 1 is 1.12 bits per heavy atom. The van der Waals surface area contributed by atoms with Gasteiger partial charge in [0.25, 0.3) is 0 Å². The molecule has 4 nitrogen and oxygen atoms in total. The molecule has 1 aromatic rings. The molecule has 1 N–H and O–H groups in total. The molecule has 0 bridgehead atoms. The van der Waals surface area contributed by atoms with Gasteiger partial charge in [-0.1, -0.05) is 6.07 Å². The Labute approximate surface area is 95.1 Å². The first kappa shape index (κ1) is 11.4. The summed E-state index contributed by atoms with van der Waals surface area (Å²) in [5.74, 6) is 0. The lowest BCUT2D eigenvalue weighted by Crippen LogP contribution is -2.41. The lowest BCUT2D eigenvalue weighted by Gasteiger charge is -2.32. The fourth-order valence-electron chi connectivity index (χ4n) is 1.57. The molecule has 0 aliphatic carbocycles. The third-order valence-electron chi connectivity index (χ3n) is 3.30. The van der Waals surface area contributed by atoms with Crippen LogP contribution in [0.4, 0.5) is 0 Å². The van der Waals surface area contributed by atoms with Gasteiger partial charge in [-0.2, -0.15) is 0 Å². The van der Waals surface area contributed by atoms with Crippen molar-refractivity contribution in [3.63, 3.8) is 0 Å². The van der Waals surface area contributed by atoms with E-state index in [2.05, 4.69) is 4.98 Å². The van der Waals surface area contributed by atoms with Crippen molar-refractivity contribution in [2.24, 2.45) is 0 Å². The summed E-state index contributed by atoms with van der Waals surface area (Å²) in [6.07, 6.45) is 0. The minimum atomic E-state index is -0.501. The van der Waals surface area contributed by atoms with Gasteiger partial charge in [0, 0.05) is 11.7 Å². The molecule has 86 valence electrons. The Morgan fingerprint density at radius 3 is 2.19 bits per heavy atom. The SMILES string of the molecule is CC1(C)OB(c2cccc(=O)[nH]2)OC1(C)C. The van der Waals surface area contributed by atoms with Crippen molar-refractivity contribution in [2.45, 2.75) is 38.9 Å². The van der Waals surface area contributed by atoms with Gasteiger partial charge in [0.1, 0.15) is 0 Å². The van der Waals surface area contributed by atoms with Crippen LogP contribution < -0.4 is 11.2 Å². The van der Waals surface area contributed by atoms with Crippen LogP contribution in [0.25, 0.3) is 0 Å². The highest BCUT2D eigenvalue weighted by molar-refractivity contribution is 6.61. The molecule has 16 heavy (non-hydrogen) atoms. The molecular weight excluding hydrogens is 205 g/mol. The minimum absolute atomic E-state index is 0.146. The van der Waals surface area contributed by atoms with Gasteiger partial charge in [0.2, 0.25) is 5.56 Å². The number of H-pyrrole nitrogens is 1. The highest BCUT2D eigenvalue weighted by atomic mass is 16.7. The van der Waals surface area contributed by atoms with Crippen molar-refractivity contribution in [3.05, 3.63) is 28.6 Å². The van der Waals surface area contributed by atoms with Crippen LogP contribution in [-0.2, 0) is 9.31 Å². The average molecular weight is 221 g/mol. The first-order valence-electron chi connectivity index (χ1n) is 5.37. The highest BCUT2D eigenvalue weighted by Crippen LogP contribution is 2.36. The second-order valence-corrected chi connectivity index (χ2v) is 5.06. The molecule has 0 aromatic carbocycles. The van der Waals surface area contributed by atoms with E-state index >= 15 is 0 Å². The summed E-state index contributed by atoms with van der Waals surface area (Å²) in [4.78, 5) is 13.9. The van der Waals surface area contributed by atoms with Gasteiger partial charge in [0.15, 0.2) is 0 Å². The van der Waals surface area contributed by atoms with Crippen molar-refractivity contribution in [2.75, 3.05) is 0 Å². The van der Waals surface area contributed by atoms with Gasteiger partial charge in [-0.05, 0) is 33.8 Å². The number of rotatable bonds is 1. The Bertz CT molecular complexity index is 437. The molecule has 5 heteroatoms. The zero-order chi connectivity index (χ0) is 12.0. The largest absolute Gasteiger partial charge is 0.512 e. The zero-order valence-corrected chi connectivity index (χ0v) is 10.0. The van der Waals surface area contributed by atoms with E-state index < -0.39 is 7.12 Å². The Hall–Kier alpha value is -1.07. The maximum absolute atomic E-state index is 11.2. The lowest BCUT2D eigenvalue weighted by molar-refractivity contribution is 0.00578. The third-order valence-corrected chi connectivity index (χ3v) is 3.30. The monoisotopic (exact) mass is 221 g/mol. The van der Waals surface area contributed by atoms with E-state index in [-0.39, 0.29) is 16.8 Å². The quantitative estimate of drug-likeness (QED) is 0.709. The molecule has 0 spiro atoms. The maximum atomic E-state index is 11.2. The standard InChI is InChI=1S/C11H16BNO3/c1-10(2)11(3,4)16-12(15-10)8-6-5-7-9(14)13-8/h5-7H,1-4H3,(H,13,14). The van der Waals surface area contributed by atoms with Crippen molar-refractivity contribution in [1.29, 1.82) is 0 Å². The van der Waals surface area contributed by atoms with Crippen molar-refractivity contribution >= 4 is 12.7 Å². The van der Waals surface area contributed by atoms with Gasteiger partial charge in [-0.15, -0.1) is 0 Å². The van der Waals surface area contributed by atoms with Gasteiger partial charge in [0.05, 0.1) is 11.2 Å². The number of nitrogens with one attached hydrogen (secondary N) is 1. The summed E-state index contributed by atoms with van der Waals surface area (Å²) < 4.78 is 11.6.